The van der Waals surface area contributed by atoms with Crippen LogP contribution in [0.3, 0.4) is 0 Å². The lowest BCUT2D eigenvalue weighted by Gasteiger charge is -2.30. The van der Waals surface area contributed by atoms with Crippen molar-refractivity contribution in [3.63, 3.8) is 0 Å². The summed E-state index contributed by atoms with van der Waals surface area (Å²) in [6.45, 7) is 2.21. The molecule has 1 saturated carbocycles. The van der Waals surface area contributed by atoms with E-state index in [0.717, 1.165) is 43.3 Å². The molecule has 2 aromatic rings. The Bertz CT molecular complexity index is 727. The molecule has 2 N–H and O–H groups in total. The van der Waals surface area contributed by atoms with Crippen molar-refractivity contribution in [1.82, 2.24) is 35.1 Å². The van der Waals surface area contributed by atoms with Gasteiger partial charge < -0.3 is 15.3 Å². The van der Waals surface area contributed by atoms with Crippen molar-refractivity contribution < 1.29 is 9.90 Å². The van der Waals surface area contributed by atoms with Crippen LogP contribution in [0.15, 0.2) is 18.7 Å². The van der Waals surface area contributed by atoms with Gasteiger partial charge in [0.15, 0.2) is 0 Å². The molecule has 26 heavy (non-hydrogen) atoms. The third-order valence-corrected chi connectivity index (χ3v) is 5.44. The Morgan fingerprint density at radius 3 is 2.69 bits per heavy atom. The van der Waals surface area contributed by atoms with E-state index < -0.39 is 6.09 Å². The van der Waals surface area contributed by atoms with Gasteiger partial charge >= 0.3 is 6.09 Å². The molecule has 10 heteroatoms. The van der Waals surface area contributed by atoms with Gasteiger partial charge in [0.05, 0.1) is 12.4 Å². The van der Waals surface area contributed by atoms with Crippen LogP contribution in [0, 0.1) is 17.8 Å². The quantitative estimate of drug-likeness (QED) is 0.792. The normalized spacial score (nSPS) is 23.0. The number of likely N-dealkylation sites (tertiary alicyclic amines) is 1. The van der Waals surface area contributed by atoms with E-state index in [2.05, 4.69) is 30.8 Å². The number of rotatable bonds is 6. The number of tetrazole rings is 1. The van der Waals surface area contributed by atoms with Crippen molar-refractivity contribution in [3.8, 4) is 5.69 Å². The predicted molar refractivity (Wildman–Crippen MR) is 91.8 cm³/mol. The van der Waals surface area contributed by atoms with Gasteiger partial charge in [-0.15, -0.1) is 5.10 Å². The molecule has 3 heterocycles. The molecule has 2 atom stereocenters. The van der Waals surface area contributed by atoms with Crippen molar-refractivity contribution in [3.05, 3.63) is 18.7 Å². The van der Waals surface area contributed by atoms with Gasteiger partial charge in [0.2, 0.25) is 5.95 Å². The SMILES string of the molecule is O=C(O)N1CCC([C@H]2C[C@@H]2CCNc2ncc(-n3cnnn3)cn2)CC1. The molecule has 0 aromatic carbocycles. The van der Waals surface area contributed by atoms with Gasteiger partial charge in [0, 0.05) is 19.6 Å². The Balaban J connectivity index is 1.18. The average Bonchev–Trinajstić information content (AvgIpc) is 3.22. The van der Waals surface area contributed by atoms with Crippen LogP contribution >= 0.6 is 0 Å². The zero-order valence-corrected chi connectivity index (χ0v) is 14.4. The topological polar surface area (TPSA) is 122 Å². The fourth-order valence-corrected chi connectivity index (χ4v) is 3.88. The van der Waals surface area contributed by atoms with Crippen LogP contribution in [0.2, 0.25) is 0 Å². The molecule has 1 saturated heterocycles. The maximum absolute atomic E-state index is 11.0. The number of nitrogens with zero attached hydrogens (tertiary/aromatic N) is 7. The Labute approximate surface area is 150 Å². The summed E-state index contributed by atoms with van der Waals surface area (Å²) in [6, 6.07) is 0. The van der Waals surface area contributed by atoms with Gasteiger partial charge in [0.25, 0.3) is 0 Å². The molecule has 2 aromatic heterocycles. The standard InChI is InChI=1S/C16H22N8O2/c25-16(26)23-5-2-11(3-6-23)14-7-12(14)1-4-17-15-18-8-13(9-19-15)24-10-20-21-22-24/h8-12,14H,1-7H2,(H,25,26)(H,17,18,19)/t12-,14+/m0/s1. The molecule has 2 fully saturated rings. The van der Waals surface area contributed by atoms with Crippen molar-refractivity contribution in [1.29, 1.82) is 0 Å². The molecule has 4 rings (SSSR count). The van der Waals surface area contributed by atoms with Crippen molar-refractivity contribution in [2.24, 2.45) is 17.8 Å². The molecule has 1 aliphatic heterocycles. The van der Waals surface area contributed by atoms with Gasteiger partial charge in [-0.25, -0.2) is 14.8 Å². The van der Waals surface area contributed by atoms with Crippen molar-refractivity contribution in [2.75, 3.05) is 25.0 Å². The first kappa shape index (κ1) is 16.7. The van der Waals surface area contributed by atoms with Crippen LogP contribution in [-0.2, 0) is 0 Å². The highest BCUT2D eigenvalue weighted by Gasteiger charge is 2.43. The minimum Gasteiger partial charge on any atom is -0.465 e. The zero-order valence-electron chi connectivity index (χ0n) is 14.4. The Morgan fingerprint density at radius 2 is 2.04 bits per heavy atom. The molecule has 138 valence electrons. The summed E-state index contributed by atoms with van der Waals surface area (Å²) in [6.07, 6.45) is 8.45. The number of anilines is 1. The fourth-order valence-electron chi connectivity index (χ4n) is 3.88. The van der Waals surface area contributed by atoms with Gasteiger partial charge in [-0.05, 0) is 53.9 Å². The summed E-state index contributed by atoms with van der Waals surface area (Å²) in [5.41, 5.74) is 0.718. The number of carboxylic acid groups (broad SMARTS) is 1. The number of aromatic nitrogens is 6. The highest BCUT2D eigenvalue weighted by molar-refractivity contribution is 5.64. The molecule has 0 spiro atoms. The second-order valence-corrected chi connectivity index (χ2v) is 7.00. The molecule has 10 nitrogen and oxygen atoms in total. The highest BCUT2D eigenvalue weighted by atomic mass is 16.4. The van der Waals surface area contributed by atoms with E-state index in [9.17, 15) is 4.79 Å². The van der Waals surface area contributed by atoms with E-state index in [1.165, 1.54) is 22.3 Å². The lowest BCUT2D eigenvalue weighted by Crippen LogP contribution is -2.38. The third-order valence-electron chi connectivity index (χ3n) is 5.44. The van der Waals surface area contributed by atoms with Crippen LogP contribution in [0.4, 0.5) is 10.7 Å². The van der Waals surface area contributed by atoms with Gasteiger partial charge in [0.1, 0.15) is 12.0 Å². The first-order chi connectivity index (χ1) is 12.7. The van der Waals surface area contributed by atoms with E-state index in [4.69, 9.17) is 5.11 Å². The molecule has 0 radical (unpaired) electrons. The lowest BCUT2D eigenvalue weighted by atomic mass is 9.90. The summed E-state index contributed by atoms with van der Waals surface area (Å²) in [5.74, 6) is 2.79. The van der Waals surface area contributed by atoms with Crippen LogP contribution in [0.25, 0.3) is 5.69 Å². The van der Waals surface area contributed by atoms with Gasteiger partial charge in [-0.2, -0.15) is 4.68 Å². The minimum absolute atomic E-state index is 0.605. The monoisotopic (exact) mass is 358 g/mol. The second kappa shape index (κ2) is 7.22. The van der Waals surface area contributed by atoms with Gasteiger partial charge in [-0.1, -0.05) is 0 Å². The molecule has 0 bridgehead atoms. The first-order valence-corrected chi connectivity index (χ1v) is 8.98. The smallest absolute Gasteiger partial charge is 0.407 e. The highest BCUT2D eigenvalue weighted by Crippen LogP contribution is 2.49. The third kappa shape index (κ3) is 3.73. The molecule has 1 aliphatic carbocycles. The second-order valence-electron chi connectivity index (χ2n) is 7.00. The van der Waals surface area contributed by atoms with E-state index in [1.54, 1.807) is 12.4 Å². The number of amides is 1. The number of piperidine rings is 1. The number of hydrogen-bond donors (Lipinski definition) is 2. The maximum atomic E-state index is 11.0. The summed E-state index contributed by atoms with van der Waals surface area (Å²) < 4.78 is 1.51. The molecule has 1 amide bonds. The average molecular weight is 358 g/mol. The first-order valence-electron chi connectivity index (χ1n) is 8.98. The molecular formula is C16H22N8O2. The van der Waals surface area contributed by atoms with Crippen molar-refractivity contribution >= 4 is 12.0 Å². The minimum atomic E-state index is -0.786. The van der Waals surface area contributed by atoms with E-state index >= 15 is 0 Å². The largest absolute Gasteiger partial charge is 0.465 e. The lowest BCUT2D eigenvalue weighted by molar-refractivity contribution is 0.120. The molecule has 0 unspecified atom stereocenters. The van der Waals surface area contributed by atoms with E-state index in [-0.39, 0.29) is 0 Å². The van der Waals surface area contributed by atoms with Crippen LogP contribution < -0.4 is 5.32 Å². The molecular weight excluding hydrogens is 336 g/mol. The Hall–Kier alpha value is -2.78. The number of carbonyl (C=O) groups is 1. The zero-order chi connectivity index (χ0) is 17.9. The maximum Gasteiger partial charge on any atom is 0.407 e. The summed E-state index contributed by atoms with van der Waals surface area (Å²) in [5, 5.41) is 23.3. The van der Waals surface area contributed by atoms with Gasteiger partial charge in [-0.3, -0.25) is 0 Å². The fraction of sp³-hybridized carbons (Fsp3) is 0.625. The van der Waals surface area contributed by atoms with Crippen LogP contribution in [-0.4, -0.2) is 65.9 Å². The Morgan fingerprint density at radius 1 is 1.27 bits per heavy atom. The van der Waals surface area contributed by atoms with Crippen LogP contribution in [0.5, 0.6) is 0 Å². The number of nitrogens with one attached hydrogen (secondary N) is 1. The Kier molecular flexibility index (Phi) is 4.63. The van der Waals surface area contributed by atoms with Crippen LogP contribution in [0.1, 0.15) is 25.7 Å². The molecule has 2 aliphatic rings. The van der Waals surface area contributed by atoms with Crippen molar-refractivity contribution in [2.45, 2.75) is 25.7 Å². The summed E-state index contributed by atoms with van der Waals surface area (Å²) >= 11 is 0. The summed E-state index contributed by atoms with van der Waals surface area (Å²) in [7, 11) is 0. The summed E-state index contributed by atoms with van der Waals surface area (Å²) in [4.78, 5) is 21.1. The number of hydrogen-bond acceptors (Lipinski definition) is 7. The predicted octanol–water partition coefficient (Wildman–Crippen LogP) is 1.28. The van der Waals surface area contributed by atoms with E-state index in [0.29, 0.717) is 25.0 Å². The van der Waals surface area contributed by atoms with E-state index in [1.807, 2.05) is 0 Å².